The molecule has 0 aromatic heterocycles. The van der Waals surface area contributed by atoms with E-state index >= 15 is 0 Å². The number of fused-ring (bicyclic) bond motifs is 1. The lowest BCUT2D eigenvalue weighted by Crippen LogP contribution is -2.37. The highest BCUT2D eigenvalue weighted by atomic mass is 19.1. The lowest BCUT2D eigenvalue weighted by Gasteiger charge is -2.38. The number of benzene rings is 2. The van der Waals surface area contributed by atoms with Crippen LogP contribution in [0, 0.1) is 5.82 Å². The van der Waals surface area contributed by atoms with Crippen molar-refractivity contribution in [2.45, 2.75) is 6.54 Å². The predicted molar refractivity (Wildman–Crippen MR) is 85.9 cm³/mol. The van der Waals surface area contributed by atoms with E-state index in [1.807, 2.05) is 25.2 Å². The second-order valence-corrected chi connectivity index (χ2v) is 5.33. The lowest BCUT2D eigenvalue weighted by atomic mass is 10.1. The topological polar surface area (TPSA) is 18.5 Å². The summed E-state index contributed by atoms with van der Waals surface area (Å²) in [6.45, 7) is 2.30. The van der Waals surface area contributed by atoms with Gasteiger partial charge in [-0.25, -0.2) is 4.39 Å². The van der Waals surface area contributed by atoms with Gasteiger partial charge in [0, 0.05) is 37.9 Å². The molecule has 0 atom stereocenters. The fraction of sp³-hybridized carbons (Fsp3) is 0.294. The summed E-state index contributed by atoms with van der Waals surface area (Å²) in [7, 11) is 3.93. The molecule has 4 heteroatoms. The molecule has 3 rings (SSSR count). The minimum atomic E-state index is -0.154. The summed E-state index contributed by atoms with van der Waals surface area (Å²) in [6.07, 6.45) is 0. The molecule has 0 spiro atoms. The van der Waals surface area contributed by atoms with Gasteiger partial charge in [-0.2, -0.15) is 0 Å². The second kappa shape index (κ2) is 5.74. The van der Waals surface area contributed by atoms with E-state index in [9.17, 15) is 4.39 Å². The lowest BCUT2D eigenvalue weighted by molar-refractivity contribution is 0.600. The first kappa shape index (κ1) is 13.9. The number of nitrogens with zero attached hydrogens (tertiary/aromatic N) is 2. The molecule has 21 heavy (non-hydrogen) atoms. The first-order valence-electron chi connectivity index (χ1n) is 7.22. The van der Waals surface area contributed by atoms with E-state index in [2.05, 4.69) is 34.3 Å². The summed E-state index contributed by atoms with van der Waals surface area (Å²) in [5.41, 5.74) is 3.99. The van der Waals surface area contributed by atoms with Crippen molar-refractivity contribution in [2.75, 3.05) is 37.0 Å². The van der Waals surface area contributed by atoms with E-state index < -0.39 is 0 Å². The Morgan fingerprint density at radius 1 is 1.00 bits per heavy atom. The third-order valence-electron chi connectivity index (χ3n) is 3.98. The van der Waals surface area contributed by atoms with Crippen LogP contribution < -0.4 is 15.1 Å². The van der Waals surface area contributed by atoms with Crippen molar-refractivity contribution in [1.29, 1.82) is 0 Å². The quantitative estimate of drug-likeness (QED) is 0.934. The average Bonchev–Trinajstić information content (AvgIpc) is 2.51. The summed E-state index contributed by atoms with van der Waals surface area (Å²) in [4.78, 5) is 4.45. The second-order valence-electron chi connectivity index (χ2n) is 5.33. The Morgan fingerprint density at radius 2 is 1.71 bits per heavy atom. The zero-order valence-electron chi connectivity index (χ0n) is 12.4. The van der Waals surface area contributed by atoms with Gasteiger partial charge in [0.25, 0.3) is 0 Å². The summed E-state index contributed by atoms with van der Waals surface area (Å²) in [5, 5.41) is 3.06. The number of rotatable bonds is 3. The number of likely N-dealkylation sites (N-methyl/N-ethyl adjacent to an activating group) is 1. The van der Waals surface area contributed by atoms with Crippen LogP contribution in [0.25, 0.3) is 0 Å². The molecular weight excluding hydrogens is 265 g/mol. The number of nitrogens with one attached hydrogen (secondary N) is 1. The normalized spacial score (nSPS) is 14.2. The maximum Gasteiger partial charge on any atom is 0.129 e. The maximum atomic E-state index is 14.2. The molecular formula is C17H20FN3. The molecule has 1 aliphatic heterocycles. The van der Waals surface area contributed by atoms with Crippen molar-refractivity contribution in [1.82, 2.24) is 5.32 Å². The van der Waals surface area contributed by atoms with Gasteiger partial charge in [0.2, 0.25) is 0 Å². The van der Waals surface area contributed by atoms with Gasteiger partial charge in [0.1, 0.15) is 5.82 Å². The summed E-state index contributed by atoms with van der Waals surface area (Å²) in [6, 6.07) is 13.6. The Bertz CT molecular complexity index is 642. The standard InChI is InChI=1S/C17H20FN3/c1-19-12-13-14(18)6-5-9-15(13)21-11-10-20(2)16-7-3-4-8-17(16)21/h3-9,19H,10-12H2,1-2H3. The van der Waals surface area contributed by atoms with Gasteiger partial charge < -0.3 is 15.1 Å². The zero-order valence-corrected chi connectivity index (χ0v) is 12.4. The highest BCUT2D eigenvalue weighted by Gasteiger charge is 2.23. The number of hydrogen-bond acceptors (Lipinski definition) is 3. The van der Waals surface area contributed by atoms with Crippen molar-refractivity contribution < 1.29 is 4.39 Å². The van der Waals surface area contributed by atoms with Gasteiger partial charge in [-0.15, -0.1) is 0 Å². The van der Waals surface area contributed by atoms with Crippen molar-refractivity contribution in [3.8, 4) is 0 Å². The Kier molecular flexibility index (Phi) is 3.80. The monoisotopic (exact) mass is 285 g/mol. The first-order valence-corrected chi connectivity index (χ1v) is 7.22. The van der Waals surface area contributed by atoms with Gasteiger partial charge in [-0.1, -0.05) is 18.2 Å². The molecule has 0 saturated carbocycles. The van der Waals surface area contributed by atoms with Crippen LogP contribution in [0.4, 0.5) is 21.5 Å². The molecule has 1 aliphatic rings. The first-order chi connectivity index (χ1) is 10.2. The van der Waals surface area contributed by atoms with Crippen LogP contribution in [0.3, 0.4) is 0 Å². The maximum absolute atomic E-state index is 14.2. The number of hydrogen-bond donors (Lipinski definition) is 1. The largest absolute Gasteiger partial charge is 0.371 e. The highest BCUT2D eigenvalue weighted by Crippen LogP contribution is 2.38. The molecule has 0 radical (unpaired) electrons. The fourth-order valence-corrected chi connectivity index (χ4v) is 2.91. The van der Waals surface area contributed by atoms with Crippen LogP contribution >= 0.6 is 0 Å². The van der Waals surface area contributed by atoms with Crippen molar-refractivity contribution in [2.24, 2.45) is 0 Å². The van der Waals surface area contributed by atoms with Crippen LogP contribution in [-0.4, -0.2) is 27.2 Å². The van der Waals surface area contributed by atoms with E-state index in [1.165, 1.54) is 11.8 Å². The molecule has 1 heterocycles. The minimum Gasteiger partial charge on any atom is -0.371 e. The Hall–Kier alpha value is -2.07. The Balaban J connectivity index is 2.10. The SMILES string of the molecule is CNCc1c(F)cccc1N1CCN(C)c2ccccc21. The minimum absolute atomic E-state index is 0.154. The van der Waals surface area contributed by atoms with E-state index in [4.69, 9.17) is 0 Å². The van der Waals surface area contributed by atoms with E-state index in [0.29, 0.717) is 6.54 Å². The number of para-hydroxylation sites is 2. The van der Waals surface area contributed by atoms with E-state index in [-0.39, 0.29) is 5.82 Å². The molecule has 0 bridgehead atoms. The zero-order chi connectivity index (χ0) is 14.8. The molecule has 2 aromatic rings. The van der Waals surface area contributed by atoms with Crippen LogP contribution in [0.2, 0.25) is 0 Å². The van der Waals surface area contributed by atoms with Crippen molar-refractivity contribution in [3.63, 3.8) is 0 Å². The van der Waals surface area contributed by atoms with Crippen LogP contribution in [0.5, 0.6) is 0 Å². The van der Waals surface area contributed by atoms with E-state index in [1.54, 1.807) is 6.07 Å². The number of anilines is 3. The third kappa shape index (κ3) is 2.47. The van der Waals surface area contributed by atoms with Crippen LogP contribution in [0.15, 0.2) is 42.5 Å². The molecule has 2 aromatic carbocycles. The predicted octanol–water partition coefficient (Wildman–Crippen LogP) is 3.13. The third-order valence-corrected chi connectivity index (χ3v) is 3.98. The van der Waals surface area contributed by atoms with Gasteiger partial charge in [0.05, 0.1) is 11.4 Å². The molecule has 1 N–H and O–H groups in total. The highest BCUT2D eigenvalue weighted by molar-refractivity contribution is 5.80. The fourth-order valence-electron chi connectivity index (χ4n) is 2.91. The molecule has 0 saturated heterocycles. The summed E-state index contributed by atoms with van der Waals surface area (Å²) < 4.78 is 14.2. The molecule has 0 aliphatic carbocycles. The number of halogens is 1. The van der Waals surface area contributed by atoms with Gasteiger partial charge in [-0.3, -0.25) is 0 Å². The van der Waals surface area contributed by atoms with E-state index in [0.717, 1.165) is 30.0 Å². The smallest absolute Gasteiger partial charge is 0.129 e. The van der Waals surface area contributed by atoms with Crippen molar-refractivity contribution in [3.05, 3.63) is 53.8 Å². The molecule has 0 unspecified atom stereocenters. The summed E-state index contributed by atoms with van der Waals surface area (Å²) >= 11 is 0. The van der Waals surface area contributed by atoms with Gasteiger partial charge in [-0.05, 0) is 31.3 Å². The van der Waals surface area contributed by atoms with Gasteiger partial charge >= 0.3 is 0 Å². The van der Waals surface area contributed by atoms with Crippen molar-refractivity contribution >= 4 is 17.1 Å². The molecule has 0 amide bonds. The molecule has 0 fully saturated rings. The Morgan fingerprint density at radius 3 is 2.48 bits per heavy atom. The average molecular weight is 285 g/mol. The molecule has 110 valence electrons. The molecule has 3 nitrogen and oxygen atoms in total. The summed E-state index contributed by atoms with van der Waals surface area (Å²) in [5.74, 6) is -0.154. The van der Waals surface area contributed by atoms with Crippen LogP contribution in [0.1, 0.15) is 5.56 Å². The van der Waals surface area contributed by atoms with Gasteiger partial charge in [0.15, 0.2) is 0 Å². The Labute approximate surface area is 125 Å². The van der Waals surface area contributed by atoms with Crippen LogP contribution in [-0.2, 0) is 6.54 Å².